The molecule has 0 aliphatic carbocycles. The molecule has 1 aromatic rings. The van der Waals surface area contributed by atoms with Crippen molar-refractivity contribution in [2.45, 2.75) is 19.4 Å². The van der Waals surface area contributed by atoms with E-state index in [-0.39, 0.29) is 10.2 Å². The largest absolute Gasteiger partial charge is 0.337 e. The van der Waals surface area contributed by atoms with Gasteiger partial charge in [-0.2, -0.15) is 0 Å². The summed E-state index contributed by atoms with van der Waals surface area (Å²) in [4.78, 5) is 34.3. The number of amides is 2. The van der Waals surface area contributed by atoms with Crippen LogP contribution >= 0.6 is 23.1 Å². The second kappa shape index (κ2) is 5.44. The summed E-state index contributed by atoms with van der Waals surface area (Å²) in [5.41, 5.74) is 0. The lowest BCUT2D eigenvalue weighted by atomic mass is 10.2. The molecule has 0 saturated carbocycles. The minimum atomic E-state index is -0.837. The molecule has 0 unspecified atom stereocenters. The lowest BCUT2D eigenvalue weighted by molar-refractivity contribution is -0.137. The number of nitrogens with one attached hydrogen (secondary N) is 2. The zero-order valence-corrected chi connectivity index (χ0v) is 11.1. The van der Waals surface area contributed by atoms with Crippen molar-refractivity contribution in [3.8, 4) is 0 Å². The number of rotatable bonds is 2. The Bertz CT molecular complexity index is 502. The van der Waals surface area contributed by atoms with E-state index in [1.807, 2.05) is 0 Å². The second-order valence-electron chi connectivity index (χ2n) is 3.56. The van der Waals surface area contributed by atoms with Crippen molar-refractivity contribution < 1.29 is 14.4 Å². The number of thioether (sulfide) groups is 1. The molecule has 7 nitrogen and oxygen atoms in total. The van der Waals surface area contributed by atoms with Gasteiger partial charge in [0.2, 0.25) is 10.2 Å². The SMILES string of the molecule is Cc1nnc(NC(=O)C(=O)N[C@H]2CCSC2=O)s1. The number of anilines is 1. The highest BCUT2D eigenvalue weighted by Gasteiger charge is 2.29. The van der Waals surface area contributed by atoms with Gasteiger partial charge in [0, 0.05) is 5.75 Å². The fourth-order valence-corrected chi connectivity index (χ4v) is 2.87. The van der Waals surface area contributed by atoms with Crippen molar-refractivity contribution >= 4 is 45.2 Å². The van der Waals surface area contributed by atoms with Gasteiger partial charge in [-0.15, -0.1) is 10.2 Å². The number of hydrogen-bond donors (Lipinski definition) is 2. The molecule has 1 fully saturated rings. The van der Waals surface area contributed by atoms with Crippen LogP contribution in [0.3, 0.4) is 0 Å². The molecule has 2 heterocycles. The molecule has 2 rings (SSSR count). The van der Waals surface area contributed by atoms with Gasteiger partial charge in [-0.05, 0) is 13.3 Å². The lowest BCUT2D eigenvalue weighted by Crippen LogP contribution is -2.43. The Morgan fingerprint density at radius 1 is 1.33 bits per heavy atom. The molecule has 0 radical (unpaired) electrons. The van der Waals surface area contributed by atoms with E-state index in [0.717, 1.165) is 11.8 Å². The van der Waals surface area contributed by atoms with Crippen LogP contribution in [0.25, 0.3) is 0 Å². The highest BCUT2D eigenvalue weighted by molar-refractivity contribution is 8.14. The molecule has 9 heteroatoms. The summed E-state index contributed by atoms with van der Waals surface area (Å²) in [6.45, 7) is 1.74. The van der Waals surface area contributed by atoms with E-state index < -0.39 is 17.9 Å². The van der Waals surface area contributed by atoms with Crippen LogP contribution < -0.4 is 10.6 Å². The van der Waals surface area contributed by atoms with Gasteiger partial charge in [-0.3, -0.25) is 19.7 Å². The number of carbonyl (C=O) groups excluding carboxylic acids is 3. The molecule has 1 saturated heterocycles. The number of aryl methyl sites for hydroxylation is 1. The van der Waals surface area contributed by atoms with Crippen LogP contribution in [0.2, 0.25) is 0 Å². The fraction of sp³-hybridized carbons (Fsp3) is 0.444. The van der Waals surface area contributed by atoms with Crippen LogP contribution in [0.15, 0.2) is 0 Å². The first-order chi connectivity index (χ1) is 8.56. The van der Waals surface area contributed by atoms with E-state index in [0.29, 0.717) is 17.2 Å². The van der Waals surface area contributed by atoms with Crippen LogP contribution in [0.5, 0.6) is 0 Å². The van der Waals surface area contributed by atoms with Crippen LogP contribution in [0.1, 0.15) is 11.4 Å². The number of hydrogen-bond acceptors (Lipinski definition) is 7. The number of aromatic nitrogens is 2. The zero-order valence-electron chi connectivity index (χ0n) is 9.43. The molecule has 96 valence electrons. The van der Waals surface area contributed by atoms with E-state index in [1.165, 1.54) is 11.3 Å². The van der Waals surface area contributed by atoms with Crippen LogP contribution in [-0.4, -0.2) is 38.9 Å². The molecule has 1 aliphatic rings. The van der Waals surface area contributed by atoms with Gasteiger partial charge in [0.15, 0.2) is 0 Å². The molecule has 2 amide bonds. The second-order valence-corrected chi connectivity index (χ2v) is 5.84. The predicted molar refractivity (Wildman–Crippen MR) is 67.3 cm³/mol. The summed E-state index contributed by atoms with van der Waals surface area (Å²) < 4.78 is 0. The summed E-state index contributed by atoms with van der Waals surface area (Å²) in [6.07, 6.45) is 0.556. The summed E-state index contributed by atoms with van der Waals surface area (Å²) in [6, 6.07) is -0.565. The first-order valence-corrected chi connectivity index (χ1v) is 6.95. The Hall–Kier alpha value is -1.48. The van der Waals surface area contributed by atoms with E-state index in [1.54, 1.807) is 6.92 Å². The van der Waals surface area contributed by atoms with Crippen LogP contribution in [0, 0.1) is 6.92 Å². The minimum absolute atomic E-state index is 0.108. The van der Waals surface area contributed by atoms with Crippen LogP contribution in [0.4, 0.5) is 5.13 Å². The first kappa shape index (κ1) is 13.0. The van der Waals surface area contributed by atoms with Crippen molar-refractivity contribution in [1.29, 1.82) is 0 Å². The van der Waals surface area contributed by atoms with Crippen molar-refractivity contribution in [2.24, 2.45) is 0 Å². The van der Waals surface area contributed by atoms with Crippen molar-refractivity contribution in [1.82, 2.24) is 15.5 Å². The normalized spacial score (nSPS) is 18.7. The standard InChI is InChI=1S/C9H10N4O3S2/c1-4-12-13-9(18-4)11-7(15)6(14)10-5-2-3-17-8(5)16/h5H,2-3H2,1H3,(H,10,14)(H,11,13,15)/t5-/m0/s1. The van der Waals surface area contributed by atoms with Gasteiger partial charge in [0.1, 0.15) is 5.01 Å². The zero-order chi connectivity index (χ0) is 13.1. The Morgan fingerprint density at radius 3 is 2.67 bits per heavy atom. The van der Waals surface area contributed by atoms with E-state index in [9.17, 15) is 14.4 Å². The average molecular weight is 286 g/mol. The third-order valence-corrected chi connectivity index (χ3v) is 3.96. The molecular formula is C9H10N4O3S2. The summed E-state index contributed by atoms with van der Waals surface area (Å²) in [5.74, 6) is -0.999. The Labute approximate surface area is 111 Å². The van der Waals surface area contributed by atoms with Gasteiger partial charge in [0.25, 0.3) is 0 Å². The maximum atomic E-state index is 11.5. The molecule has 18 heavy (non-hydrogen) atoms. The quantitative estimate of drug-likeness (QED) is 0.738. The first-order valence-electron chi connectivity index (χ1n) is 5.15. The van der Waals surface area contributed by atoms with Crippen molar-refractivity contribution in [3.05, 3.63) is 5.01 Å². The molecule has 0 spiro atoms. The molecule has 1 aliphatic heterocycles. The van der Waals surface area contributed by atoms with Gasteiger partial charge in [-0.1, -0.05) is 23.1 Å². The van der Waals surface area contributed by atoms with E-state index >= 15 is 0 Å². The van der Waals surface area contributed by atoms with Gasteiger partial charge >= 0.3 is 11.8 Å². The number of nitrogens with zero attached hydrogens (tertiary/aromatic N) is 2. The average Bonchev–Trinajstić information content (AvgIpc) is 2.89. The molecule has 1 atom stereocenters. The van der Waals surface area contributed by atoms with Gasteiger partial charge in [0.05, 0.1) is 6.04 Å². The monoisotopic (exact) mass is 286 g/mol. The molecular weight excluding hydrogens is 276 g/mol. The maximum Gasteiger partial charge on any atom is 0.315 e. The Balaban J connectivity index is 1.89. The molecule has 0 bridgehead atoms. The highest BCUT2D eigenvalue weighted by Crippen LogP contribution is 2.19. The third kappa shape index (κ3) is 3.05. The smallest absolute Gasteiger partial charge is 0.315 e. The van der Waals surface area contributed by atoms with Crippen LogP contribution in [-0.2, 0) is 14.4 Å². The molecule has 1 aromatic heterocycles. The third-order valence-electron chi connectivity index (χ3n) is 2.19. The Morgan fingerprint density at radius 2 is 2.11 bits per heavy atom. The maximum absolute atomic E-state index is 11.5. The summed E-state index contributed by atoms with van der Waals surface area (Å²) >= 11 is 2.33. The van der Waals surface area contributed by atoms with Gasteiger partial charge < -0.3 is 5.32 Å². The molecule has 0 aromatic carbocycles. The highest BCUT2D eigenvalue weighted by atomic mass is 32.2. The number of carbonyl (C=O) groups is 3. The summed E-state index contributed by atoms with van der Waals surface area (Å²) in [7, 11) is 0. The summed E-state index contributed by atoms with van der Waals surface area (Å²) in [5, 5.41) is 12.9. The van der Waals surface area contributed by atoms with E-state index in [2.05, 4.69) is 20.8 Å². The van der Waals surface area contributed by atoms with Crippen molar-refractivity contribution in [3.63, 3.8) is 0 Å². The fourth-order valence-electron chi connectivity index (χ4n) is 1.35. The minimum Gasteiger partial charge on any atom is -0.337 e. The Kier molecular flexibility index (Phi) is 3.92. The topological polar surface area (TPSA) is 101 Å². The van der Waals surface area contributed by atoms with E-state index in [4.69, 9.17) is 0 Å². The van der Waals surface area contributed by atoms with Crippen molar-refractivity contribution in [2.75, 3.05) is 11.1 Å². The van der Waals surface area contributed by atoms with Gasteiger partial charge in [-0.25, -0.2) is 0 Å². The predicted octanol–water partition coefficient (Wildman–Crippen LogP) is -0.0667. The lowest BCUT2D eigenvalue weighted by Gasteiger charge is -2.08. The molecule has 2 N–H and O–H groups in total.